The molecule has 1 saturated heterocycles. The highest BCUT2D eigenvalue weighted by molar-refractivity contribution is 6.10. The molecule has 1 aromatic rings. The summed E-state index contributed by atoms with van der Waals surface area (Å²) < 4.78 is 13.8. The second-order valence-electron chi connectivity index (χ2n) is 7.12. The molecular formula is C18H22FN3O3. The first-order chi connectivity index (χ1) is 11.8. The molecule has 1 saturated carbocycles. The van der Waals surface area contributed by atoms with E-state index >= 15 is 0 Å². The van der Waals surface area contributed by atoms with Crippen LogP contribution < -0.4 is 10.6 Å². The van der Waals surface area contributed by atoms with Gasteiger partial charge >= 0.3 is 6.03 Å². The summed E-state index contributed by atoms with van der Waals surface area (Å²) in [5, 5.41) is 5.18. The van der Waals surface area contributed by atoms with Crippen LogP contribution in [0.5, 0.6) is 0 Å². The van der Waals surface area contributed by atoms with Crippen molar-refractivity contribution in [2.75, 3.05) is 11.9 Å². The molecule has 1 aliphatic heterocycles. The van der Waals surface area contributed by atoms with Gasteiger partial charge in [-0.25, -0.2) is 9.18 Å². The minimum absolute atomic E-state index is 0.0314. The fraction of sp³-hybridized carbons (Fsp3) is 0.500. The summed E-state index contributed by atoms with van der Waals surface area (Å²) in [7, 11) is 0. The highest BCUT2D eigenvalue weighted by Crippen LogP contribution is 2.36. The number of halogens is 1. The summed E-state index contributed by atoms with van der Waals surface area (Å²) >= 11 is 0. The maximum Gasteiger partial charge on any atom is 0.325 e. The molecule has 7 heteroatoms. The molecule has 0 aromatic heterocycles. The van der Waals surface area contributed by atoms with Crippen LogP contribution in [0.25, 0.3) is 0 Å². The van der Waals surface area contributed by atoms with Gasteiger partial charge in [0.1, 0.15) is 17.9 Å². The van der Waals surface area contributed by atoms with Gasteiger partial charge in [0.15, 0.2) is 0 Å². The van der Waals surface area contributed by atoms with Crippen LogP contribution in [0.4, 0.5) is 14.9 Å². The van der Waals surface area contributed by atoms with Crippen LogP contribution in [0, 0.1) is 18.7 Å². The molecule has 25 heavy (non-hydrogen) atoms. The number of hydrogen-bond donors (Lipinski definition) is 2. The zero-order valence-corrected chi connectivity index (χ0v) is 14.4. The third-order valence-corrected chi connectivity index (χ3v) is 5.07. The number of hydrogen-bond acceptors (Lipinski definition) is 3. The van der Waals surface area contributed by atoms with Crippen molar-refractivity contribution < 1.29 is 18.8 Å². The standard InChI is InChI=1S/C18H22FN3O3/c1-11-5-7-18(8-6-11)16(24)22(17(25)21-18)10-15(23)20-14-4-3-12(2)9-13(14)19/h3-4,9,11H,5-8,10H2,1-2H3,(H,20,23)(H,21,25). The molecule has 0 unspecified atom stereocenters. The van der Waals surface area contributed by atoms with Crippen LogP contribution in [0.1, 0.15) is 38.2 Å². The largest absolute Gasteiger partial charge is 0.325 e. The van der Waals surface area contributed by atoms with Crippen LogP contribution in [0.15, 0.2) is 18.2 Å². The maximum absolute atomic E-state index is 13.8. The summed E-state index contributed by atoms with van der Waals surface area (Å²) in [6.07, 6.45) is 2.90. The molecule has 2 aliphatic rings. The fourth-order valence-electron chi connectivity index (χ4n) is 3.47. The average Bonchev–Trinajstić information content (AvgIpc) is 2.78. The minimum atomic E-state index is -0.876. The molecule has 2 fully saturated rings. The van der Waals surface area contributed by atoms with Crippen LogP contribution in [0.2, 0.25) is 0 Å². The van der Waals surface area contributed by atoms with Gasteiger partial charge in [0.2, 0.25) is 5.91 Å². The average molecular weight is 347 g/mol. The molecule has 0 atom stereocenters. The Morgan fingerprint density at radius 2 is 2.04 bits per heavy atom. The van der Waals surface area contributed by atoms with E-state index < -0.39 is 29.8 Å². The predicted molar refractivity (Wildman–Crippen MR) is 90.4 cm³/mol. The second-order valence-corrected chi connectivity index (χ2v) is 7.12. The van der Waals surface area contributed by atoms with E-state index in [0.29, 0.717) is 18.8 Å². The van der Waals surface area contributed by atoms with Gasteiger partial charge in [-0.1, -0.05) is 13.0 Å². The second kappa shape index (κ2) is 6.46. The van der Waals surface area contributed by atoms with Crippen LogP contribution in [-0.2, 0) is 9.59 Å². The van der Waals surface area contributed by atoms with E-state index in [1.807, 2.05) is 0 Å². The smallest absolute Gasteiger partial charge is 0.323 e. The molecule has 4 amide bonds. The number of benzene rings is 1. The SMILES string of the molecule is Cc1ccc(NC(=O)CN2C(=O)NC3(CCC(C)CC3)C2=O)c(F)c1. The molecule has 1 aromatic carbocycles. The summed E-state index contributed by atoms with van der Waals surface area (Å²) in [5.41, 5.74) is -0.110. The Kier molecular flexibility index (Phi) is 4.49. The zero-order valence-electron chi connectivity index (χ0n) is 14.4. The van der Waals surface area contributed by atoms with Crippen LogP contribution in [-0.4, -0.2) is 34.8 Å². The van der Waals surface area contributed by atoms with E-state index in [1.54, 1.807) is 13.0 Å². The lowest BCUT2D eigenvalue weighted by atomic mass is 9.77. The van der Waals surface area contributed by atoms with E-state index in [4.69, 9.17) is 0 Å². The first-order valence-corrected chi connectivity index (χ1v) is 8.51. The van der Waals surface area contributed by atoms with Gasteiger partial charge in [0.05, 0.1) is 5.69 Å². The van der Waals surface area contributed by atoms with Crippen molar-refractivity contribution in [3.8, 4) is 0 Å². The summed E-state index contributed by atoms with van der Waals surface area (Å²) in [6.45, 7) is 3.44. The molecular weight excluding hydrogens is 325 g/mol. The first kappa shape index (κ1) is 17.4. The van der Waals surface area contributed by atoms with Gasteiger partial charge < -0.3 is 10.6 Å². The Balaban J connectivity index is 1.67. The van der Waals surface area contributed by atoms with Crippen molar-refractivity contribution in [1.82, 2.24) is 10.2 Å². The number of amides is 4. The fourth-order valence-corrected chi connectivity index (χ4v) is 3.47. The number of nitrogens with one attached hydrogen (secondary N) is 2. The Hall–Kier alpha value is -2.44. The summed E-state index contributed by atoms with van der Waals surface area (Å²) in [4.78, 5) is 38.0. The number of anilines is 1. The molecule has 0 bridgehead atoms. The summed E-state index contributed by atoms with van der Waals surface area (Å²) in [6, 6.07) is 3.88. The number of carbonyl (C=O) groups excluding carboxylic acids is 3. The van der Waals surface area contributed by atoms with Crippen molar-refractivity contribution in [3.63, 3.8) is 0 Å². The lowest BCUT2D eigenvalue weighted by Gasteiger charge is -2.33. The Bertz CT molecular complexity index is 726. The molecule has 2 N–H and O–H groups in total. The Labute approximate surface area is 145 Å². The zero-order chi connectivity index (χ0) is 18.2. The molecule has 134 valence electrons. The van der Waals surface area contributed by atoms with Crippen molar-refractivity contribution >= 4 is 23.5 Å². The maximum atomic E-state index is 13.8. The first-order valence-electron chi connectivity index (χ1n) is 8.51. The molecule has 1 aliphatic carbocycles. The predicted octanol–water partition coefficient (Wildman–Crippen LogP) is 2.57. The molecule has 1 spiro atoms. The quantitative estimate of drug-likeness (QED) is 0.825. The van der Waals surface area contributed by atoms with Gasteiger partial charge in [-0.3, -0.25) is 14.5 Å². The number of nitrogens with zero attached hydrogens (tertiary/aromatic N) is 1. The molecule has 0 radical (unpaired) electrons. The number of aryl methyl sites for hydroxylation is 1. The normalized spacial score (nSPS) is 26.0. The van der Waals surface area contributed by atoms with Crippen LogP contribution >= 0.6 is 0 Å². The van der Waals surface area contributed by atoms with Crippen molar-refractivity contribution in [2.45, 2.75) is 45.1 Å². The lowest BCUT2D eigenvalue weighted by Crippen LogP contribution is -2.49. The molecule has 6 nitrogen and oxygen atoms in total. The molecule has 1 heterocycles. The topological polar surface area (TPSA) is 78.5 Å². The summed E-state index contributed by atoms with van der Waals surface area (Å²) in [5.74, 6) is -0.989. The van der Waals surface area contributed by atoms with Crippen molar-refractivity contribution in [2.24, 2.45) is 5.92 Å². The van der Waals surface area contributed by atoms with E-state index in [2.05, 4.69) is 17.6 Å². The number of rotatable bonds is 3. The highest BCUT2D eigenvalue weighted by atomic mass is 19.1. The van der Waals surface area contributed by atoms with E-state index in [-0.39, 0.29) is 11.6 Å². The van der Waals surface area contributed by atoms with Crippen LogP contribution in [0.3, 0.4) is 0 Å². The number of carbonyl (C=O) groups is 3. The van der Waals surface area contributed by atoms with Gasteiger partial charge in [0, 0.05) is 0 Å². The third kappa shape index (κ3) is 3.36. The Morgan fingerprint density at radius 1 is 1.36 bits per heavy atom. The van der Waals surface area contributed by atoms with E-state index in [9.17, 15) is 18.8 Å². The minimum Gasteiger partial charge on any atom is -0.323 e. The van der Waals surface area contributed by atoms with E-state index in [0.717, 1.165) is 23.3 Å². The Morgan fingerprint density at radius 3 is 2.68 bits per heavy atom. The van der Waals surface area contributed by atoms with Crippen molar-refractivity contribution in [3.05, 3.63) is 29.6 Å². The third-order valence-electron chi connectivity index (χ3n) is 5.07. The monoisotopic (exact) mass is 347 g/mol. The number of imide groups is 1. The highest BCUT2D eigenvalue weighted by Gasteiger charge is 2.52. The number of urea groups is 1. The van der Waals surface area contributed by atoms with Gasteiger partial charge in [-0.15, -0.1) is 0 Å². The van der Waals surface area contributed by atoms with Crippen molar-refractivity contribution in [1.29, 1.82) is 0 Å². The lowest BCUT2D eigenvalue weighted by molar-refractivity contribution is -0.135. The molecule has 3 rings (SSSR count). The van der Waals surface area contributed by atoms with Gasteiger partial charge in [0.25, 0.3) is 5.91 Å². The van der Waals surface area contributed by atoms with E-state index in [1.165, 1.54) is 12.1 Å². The van der Waals surface area contributed by atoms with Gasteiger partial charge in [-0.2, -0.15) is 0 Å². The van der Waals surface area contributed by atoms with Gasteiger partial charge in [-0.05, 0) is 56.2 Å².